The van der Waals surface area contributed by atoms with Gasteiger partial charge in [0.2, 0.25) is 0 Å². The second-order valence-electron chi connectivity index (χ2n) is 8.48. The fraction of sp³-hybridized carbons (Fsp3) is 0.391. The first kappa shape index (κ1) is 19.8. The van der Waals surface area contributed by atoms with E-state index in [1.54, 1.807) is 0 Å². The second-order valence-corrected chi connectivity index (χ2v) is 8.48. The molecule has 0 aliphatic carbocycles. The van der Waals surface area contributed by atoms with Gasteiger partial charge in [0, 0.05) is 55.6 Å². The molecule has 1 saturated heterocycles. The molecule has 1 fully saturated rings. The number of aromatic nitrogens is 5. The Morgan fingerprint density at radius 1 is 1.16 bits per heavy atom. The maximum absolute atomic E-state index is 5.28. The van der Waals surface area contributed by atoms with Gasteiger partial charge in [-0.05, 0) is 56.7 Å². The maximum atomic E-state index is 5.28. The van der Waals surface area contributed by atoms with E-state index in [4.69, 9.17) is 9.51 Å². The third-order valence-electron chi connectivity index (χ3n) is 5.81. The smallest absolute Gasteiger partial charge is 0.257 e. The van der Waals surface area contributed by atoms with E-state index in [2.05, 4.69) is 56.3 Å². The molecule has 160 valence electrons. The molecule has 4 heterocycles. The molecule has 0 saturated carbocycles. The lowest BCUT2D eigenvalue weighted by atomic mass is 10.1. The van der Waals surface area contributed by atoms with E-state index in [-0.39, 0.29) is 0 Å². The summed E-state index contributed by atoms with van der Waals surface area (Å²) in [6, 6.07) is 11.3. The number of aromatic amines is 1. The fourth-order valence-corrected chi connectivity index (χ4v) is 4.14. The quantitative estimate of drug-likeness (QED) is 0.515. The minimum absolute atomic E-state index is 0.515. The molecular weight excluding hydrogens is 390 g/mol. The van der Waals surface area contributed by atoms with Gasteiger partial charge in [-0.25, -0.2) is 4.98 Å². The van der Waals surface area contributed by atoms with Crippen LogP contribution in [0.3, 0.4) is 0 Å². The SMILES string of the molecule is Cc1noc(-c2ccc3nc(Cc4cc(CN5C[C@@H](C)NC[C@@H]5C)ccn4)[nH]c3c2)n1. The van der Waals surface area contributed by atoms with E-state index >= 15 is 0 Å². The van der Waals surface area contributed by atoms with Gasteiger partial charge < -0.3 is 14.8 Å². The molecule has 0 unspecified atom stereocenters. The summed E-state index contributed by atoms with van der Waals surface area (Å²) in [6.45, 7) is 9.36. The van der Waals surface area contributed by atoms with Crippen LogP contribution in [0.25, 0.3) is 22.5 Å². The summed E-state index contributed by atoms with van der Waals surface area (Å²) in [6.07, 6.45) is 2.56. The van der Waals surface area contributed by atoms with Crippen molar-refractivity contribution in [2.45, 2.75) is 45.8 Å². The third kappa shape index (κ3) is 4.35. The summed E-state index contributed by atoms with van der Waals surface area (Å²) in [4.78, 5) is 19.6. The van der Waals surface area contributed by atoms with Crippen LogP contribution in [0.15, 0.2) is 41.1 Å². The predicted octanol–water partition coefficient (Wildman–Crippen LogP) is 3.09. The van der Waals surface area contributed by atoms with Crippen LogP contribution in [0.1, 0.15) is 36.8 Å². The number of benzene rings is 1. The molecule has 31 heavy (non-hydrogen) atoms. The van der Waals surface area contributed by atoms with Gasteiger partial charge in [-0.15, -0.1) is 0 Å². The molecule has 8 nitrogen and oxygen atoms in total. The molecule has 2 atom stereocenters. The number of hydrogen-bond donors (Lipinski definition) is 2. The summed E-state index contributed by atoms with van der Waals surface area (Å²) in [5.74, 6) is 2.03. The van der Waals surface area contributed by atoms with Crippen molar-refractivity contribution in [3.63, 3.8) is 0 Å². The number of nitrogens with zero attached hydrogens (tertiary/aromatic N) is 5. The molecule has 8 heteroatoms. The van der Waals surface area contributed by atoms with Crippen LogP contribution in [0, 0.1) is 6.92 Å². The first-order valence-corrected chi connectivity index (χ1v) is 10.7. The van der Waals surface area contributed by atoms with Crippen molar-refractivity contribution >= 4 is 11.0 Å². The first-order chi connectivity index (χ1) is 15.0. The van der Waals surface area contributed by atoms with Crippen LogP contribution in [-0.4, -0.2) is 55.2 Å². The molecule has 4 aromatic rings. The zero-order valence-electron chi connectivity index (χ0n) is 18.1. The minimum atomic E-state index is 0.515. The average molecular weight is 418 g/mol. The van der Waals surface area contributed by atoms with E-state index in [1.807, 2.05) is 31.3 Å². The van der Waals surface area contributed by atoms with Crippen molar-refractivity contribution in [3.8, 4) is 11.5 Å². The van der Waals surface area contributed by atoms with Gasteiger partial charge in [-0.1, -0.05) is 5.16 Å². The number of fused-ring (bicyclic) bond motifs is 1. The Labute approximate surface area is 181 Å². The summed E-state index contributed by atoms with van der Waals surface area (Å²) in [7, 11) is 0. The lowest BCUT2D eigenvalue weighted by Gasteiger charge is -2.37. The molecule has 0 spiro atoms. The second kappa shape index (κ2) is 8.20. The van der Waals surface area contributed by atoms with Gasteiger partial charge in [0.15, 0.2) is 5.82 Å². The van der Waals surface area contributed by atoms with Crippen LogP contribution in [-0.2, 0) is 13.0 Å². The Morgan fingerprint density at radius 2 is 2.06 bits per heavy atom. The fourth-order valence-electron chi connectivity index (χ4n) is 4.14. The van der Waals surface area contributed by atoms with Crippen LogP contribution in [0.2, 0.25) is 0 Å². The van der Waals surface area contributed by atoms with Crippen molar-refractivity contribution in [1.29, 1.82) is 0 Å². The molecule has 0 bridgehead atoms. The maximum Gasteiger partial charge on any atom is 0.257 e. The van der Waals surface area contributed by atoms with E-state index in [1.165, 1.54) is 5.56 Å². The van der Waals surface area contributed by atoms with E-state index in [0.29, 0.717) is 30.2 Å². The van der Waals surface area contributed by atoms with Crippen molar-refractivity contribution in [1.82, 2.24) is 35.3 Å². The number of aryl methyl sites for hydroxylation is 1. The zero-order chi connectivity index (χ0) is 21.4. The Bertz CT molecular complexity index is 1200. The monoisotopic (exact) mass is 417 g/mol. The molecule has 1 aliphatic rings. The van der Waals surface area contributed by atoms with Crippen molar-refractivity contribution < 1.29 is 4.52 Å². The van der Waals surface area contributed by atoms with Gasteiger partial charge in [0.05, 0.1) is 11.0 Å². The number of rotatable bonds is 5. The normalized spacial score (nSPS) is 19.8. The average Bonchev–Trinajstić information content (AvgIpc) is 3.36. The molecule has 0 radical (unpaired) electrons. The molecule has 5 rings (SSSR count). The van der Waals surface area contributed by atoms with Crippen molar-refractivity contribution in [2.75, 3.05) is 13.1 Å². The van der Waals surface area contributed by atoms with Gasteiger partial charge in [-0.2, -0.15) is 4.98 Å². The Balaban J connectivity index is 1.33. The minimum Gasteiger partial charge on any atom is -0.342 e. The van der Waals surface area contributed by atoms with E-state index in [0.717, 1.165) is 47.7 Å². The molecule has 3 aromatic heterocycles. The van der Waals surface area contributed by atoms with Crippen LogP contribution < -0.4 is 5.32 Å². The van der Waals surface area contributed by atoms with Crippen molar-refractivity contribution in [3.05, 3.63) is 59.4 Å². The highest BCUT2D eigenvalue weighted by molar-refractivity contribution is 5.80. The summed E-state index contributed by atoms with van der Waals surface area (Å²) in [5.41, 5.74) is 5.04. The standard InChI is InChI=1S/C23H27N7O/c1-14-12-30(15(2)11-25-14)13-17-6-7-24-19(8-17)10-22-27-20-5-4-18(9-21(20)28-22)23-26-16(3)29-31-23/h4-9,14-15,25H,10-13H2,1-3H3,(H,27,28)/t14-,15+/m1/s1. The third-order valence-corrected chi connectivity index (χ3v) is 5.81. The van der Waals surface area contributed by atoms with Crippen LogP contribution in [0.4, 0.5) is 0 Å². The van der Waals surface area contributed by atoms with Crippen LogP contribution >= 0.6 is 0 Å². The number of piperazine rings is 1. The van der Waals surface area contributed by atoms with Crippen LogP contribution in [0.5, 0.6) is 0 Å². The molecule has 1 aliphatic heterocycles. The molecule has 2 N–H and O–H groups in total. The highest BCUT2D eigenvalue weighted by Crippen LogP contribution is 2.23. The summed E-state index contributed by atoms with van der Waals surface area (Å²) >= 11 is 0. The Kier molecular flexibility index (Phi) is 5.25. The lowest BCUT2D eigenvalue weighted by molar-refractivity contribution is 0.139. The van der Waals surface area contributed by atoms with Crippen molar-refractivity contribution in [2.24, 2.45) is 0 Å². The number of hydrogen-bond acceptors (Lipinski definition) is 7. The van der Waals surface area contributed by atoms with E-state index < -0.39 is 0 Å². The zero-order valence-corrected chi connectivity index (χ0v) is 18.1. The Hall–Kier alpha value is -3.10. The topological polar surface area (TPSA) is 95.8 Å². The highest BCUT2D eigenvalue weighted by Gasteiger charge is 2.22. The number of H-pyrrole nitrogens is 1. The number of nitrogens with one attached hydrogen (secondary N) is 2. The van der Waals surface area contributed by atoms with Gasteiger partial charge in [0.25, 0.3) is 5.89 Å². The first-order valence-electron chi connectivity index (χ1n) is 10.7. The molecular formula is C23H27N7O. The number of pyridine rings is 1. The predicted molar refractivity (Wildman–Crippen MR) is 119 cm³/mol. The largest absolute Gasteiger partial charge is 0.342 e. The van der Waals surface area contributed by atoms with Gasteiger partial charge in [0.1, 0.15) is 5.82 Å². The number of imidazole rings is 1. The highest BCUT2D eigenvalue weighted by atomic mass is 16.5. The van der Waals surface area contributed by atoms with Gasteiger partial charge >= 0.3 is 0 Å². The summed E-state index contributed by atoms with van der Waals surface area (Å²) < 4.78 is 5.28. The Morgan fingerprint density at radius 3 is 2.90 bits per heavy atom. The molecule has 0 amide bonds. The van der Waals surface area contributed by atoms with Gasteiger partial charge in [-0.3, -0.25) is 9.88 Å². The summed E-state index contributed by atoms with van der Waals surface area (Å²) in [5, 5.41) is 7.41. The lowest BCUT2D eigenvalue weighted by Crippen LogP contribution is -2.53. The molecule has 1 aromatic carbocycles. The van der Waals surface area contributed by atoms with E-state index in [9.17, 15) is 0 Å².